The number of nitrogens with one attached hydrogen (secondary N) is 1. The van der Waals surface area contributed by atoms with Crippen molar-refractivity contribution in [2.45, 2.75) is 24.3 Å². The molecule has 0 aliphatic heterocycles. The monoisotopic (exact) mass is 314 g/mol. The normalized spacial score (nSPS) is 13.8. The molecule has 5 nitrogen and oxygen atoms in total. The van der Waals surface area contributed by atoms with E-state index >= 15 is 0 Å². The predicted octanol–water partition coefficient (Wildman–Crippen LogP) is 1.13. The van der Waals surface area contributed by atoms with Crippen molar-refractivity contribution in [3.05, 3.63) is 22.7 Å². The SMILES string of the molecule is Cc1cc(Cl)c(N)cc1S(=O)(=O)NCC(O)C(F)F. The van der Waals surface area contributed by atoms with Crippen molar-refractivity contribution >= 4 is 27.3 Å². The molecule has 0 heterocycles. The number of benzene rings is 1. The maximum absolute atomic E-state index is 12.1. The highest BCUT2D eigenvalue weighted by atomic mass is 35.5. The number of alkyl halides is 2. The maximum Gasteiger partial charge on any atom is 0.265 e. The van der Waals surface area contributed by atoms with Gasteiger partial charge < -0.3 is 10.8 Å². The minimum absolute atomic E-state index is 0.0575. The summed E-state index contributed by atoms with van der Waals surface area (Å²) in [7, 11) is -4.04. The zero-order valence-electron chi connectivity index (χ0n) is 9.90. The summed E-state index contributed by atoms with van der Waals surface area (Å²) < 4.78 is 49.8. The fraction of sp³-hybridized carbons (Fsp3) is 0.400. The van der Waals surface area contributed by atoms with E-state index in [1.807, 2.05) is 4.72 Å². The molecule has 108 valence electrons. The van der Waals surface area contributed by atoms with Crippen molar-refractivity contribution in [3.63, 3.8) is 0 Å². The minimum atomic E-state index is -4.04. The Hall–Kier alpha value is -0.960. The molecule has 4 N–H and O–H groups in total. The second kappa shape index (κ2) is 6.00. The Kier molecular flexibility index (Phi) is 5.08. The van der Waals surface area contributed by atoms with Crippen LogP contribution in [-0.4, -0.2) is 32.6 Å². The van der Waals surface area contributed by atoms with Crippen LogP contribution in [0.3, 0.4) is 0 Å². The Labute approximate surface area is 114 Å². The van der Waals surface area contributed by atoms with E-state index in [1.54, 1.807) is 0 Å². The van der Waals surface area contributed by atoms with Crippen molar-refractivity contribution < 1.29 is 22.3 Å². The van der Waals surface area contributed by atoms with Gasteiger partial charge in [0.1, 0.15) is 6.10 Å². The van der Waals surface area contributed by atoms with Gasteiger partial charge in [-0.3, -0.25) is 0 Å². The molecule has 0 aliphatic carbocycles. The zero-order valence-corrected chi connectivity index (χ0v) is 11.5. The minimum Gasteiger partial charge on any atom is -0.397 e. The molecule has 0 aliphatic rings. The van der Waals surface area contributed by atoms with E-state index in [4.69, 9.17) is 22.4 Å². The third kappa shape index (κ3) is 4.00. The average Bonchev–Trinajstić information content (AvgIpc) is 2.30. The molecule has 9 heteroatoms. The van der Waals surface area contributed by atoms with Crippen LogP contribution in [0.15, 0.2) is 17.0 Å². The standard InChI is InChI=1S/C10H13ClF2N2O3S/c1-5-2-6(11)7(14)3-9(5)19(17,18)15-4-8(16)10(12)13/h2-3,8,10,15-16H,4,14H2,1H3. The average molecular weight is 315 g/mol. The van der Waals surface area contributed by atoms with E-state index in [0.717, 1.165) is 6.07 Å². The number of nitrogens with two attached hydrogens (primary N) is 1. The lowest BCUT2D eigenvalue weighted by Crippen LogP contribution is -2.36. The second-order valence-electron chi connectivity index (χ2n) is 3.89. The molecule has 0 bridgehead atoms. The van der Waals surface area contributed by atoms with Crippen molar-refractivity contribution in [3.8, 4) is 0 Å². The van der Waals surface area contributed by atoms with Crippen LogP contribution in [0.1, 0.15) is 5.56 Å². The number of aliphatic hydroxyl groups is 1. The molecule has 0 amide bonds. The molecular weight excluding hydrogens is 302 g/mol. The fourth-order valence-corrected chi connectivity index (χ4v) is 2.85. The molecule has 19 heavy (non-hydrogen) atoms. The van der Waals surface area contributed by atoms with Crippen LogP contribution < -0.4 is 10.5 Å². The summed E-state index contributed by atoms with van der Waals surface area (Å²) >= 11 is 5.73. The molecule has 0 spiro atoms. The summed E-state index contributed by atoms with van der Waals surface area (Å²) in [4.78, 5) is -0.170. The van der Waals surface area contributed by atoms with Crippen LogP contribution in [0, 0.1) is 6.92 Å². The van der Waals surface area contributed by atoms with E-state index in [0.29, 0.717) is 5.56 Å². The molecule has 1 aromatic rings. The Morgan fingerprint density at radius 2 is 2.05 bits per heavy atom. The van der Waals surface area contributed by atoms with Crippen molar-refractivity contribution in [2.24, 2.45) is 0 Å². The van der Waals surface area contributed by atoms with E-state index < -0.39 is 29.1 Å². The first-order valence-electron chi connectivity index (χ1n) is 5.16. The Morgan fingerprint density at radius 1 is 1.47 bits per heavy atom. The van der Waals surface area contributed by atoms with Gasteiger partial charge in [-0.25, -0.2) is 21.9 Å². The predicted molar refractivity (Wildman–Crippen MR) is 67.8 cm³/mol. The van der Waals surface area contributed by atoms with Gasteiger partial charge in [0.05, 0.1) is 15.6 Å². The maximum atomic E-state index is 12.1. The molecule has 1 aromatic carbocycles. The lowest BCUT2D eigenvalue weighted by molar-refractivity contribution is -0.000452. The van der Waals surface area contributed by atoms with E-state index in [2.05, 4.69) is 0 Å². The number of aliphatic hydroxyl groups excluding tert-OH is 1. The van der Waals surface area contributed by atoms with Gasteiger partial charge in [0.25, 0.3) is 6.43 Å². The highest BCUT2D eigenvalue weighted by Crippen LogP contribution is 2.26. The zero-order chi connectivity index (χ0) is 14.8. The van der Waals surface area contributed by atoms with Gasteiger partial charge in [0.15, 0.2) is 0 Å². The Bertz CT molecular complexity index is 566. The molecule has 1 atom stereocenters. The number of nitrogen functional groups attached to an aromatic ring is 1. The third-order valence-corrected chi connectivity index (χ3v) is 4.25. The first-order valence-corrected chi connectivity index (χ1v) is 7.02. The number of halogens is 3. The first-order chi connectivity index (χ1) is 8.65. The molecular formula is C10H13ClF2N2O3S. The smallest absolute Gasteiger partial charge is 0.265 e. The summed E-state index contributed by atoms with van der Waals surface area (Å²) in [6, 6.07) is 2.49. The lowest BCUT2D eigenvalue weighted by Gasteiger charge is -2.13. The lowest BCUT2D eigenvalue weighted by atomic mass is 10.2. The van der Waals surface area contributed by atoms with Crippen LogP contribution in [0.25, 0.3) is 0 Å². The number of rotatable bonds is 5. The number of anilines is 1. The van der Waals surface area contributed by atoms with Gasteiger partial charge in [-0.1, -0.05) is 11.6 Å². The molecule has 1 rings (SSSR count). The second-order valence-corrected chi connectivity index (χ2v) is 6.04. The summed E-state index contributed by atoms with van der Waals surface area (Å²) in [5.41, 5.74) is 5.87. The first kappa shape index (κ1) is 16.1. The van der Waals surface area contributed by atoms with Crippen molar-refractivity contribution in [1.82, 2.24) is 4.72 Å². The Morgan fingerprint density at radius 3 is 2.58 bits per heavy atom. The third-order valence-electron chi connectivity index (χ3n) is 2.36. The molecule has 0 aromatic heterocycles. The highest BCUT2D eigenvalue weighted by Gasteiger charge is 2.23. The van der Waals surface area contributed by atoms with E-state index in [1.165, 1.54) is 13.0 Å². The van der Waals surface area contributed by atoms with Gasteiger partial charge in [-0.2, -0.15) is 0 Å². The van der Waals surface area contributed by atoms with Gasteiger partial charge in [0.2, 0.25) is 10.0 Å². The fourth-order valence-electron chi connectivity index (χ4n) is 1.32. The molecule has 0 radical (unpaired) electrons. The van der Waals surface area contributed by atoms with Crippen LogP contribution in [0.4, 0.5) is 14.5 Å². The summed E-state index contributed by atoms with van der Waals surface area (Å²) in [6.45, 7) is 0.700. The van der Waals surface area contributed by atoms with Crippen LogP contribution >= 0.6 is 11.6 Å². The van der Waals surface area contributed by atoms with Gasteiger partial charge in [0, 0.05) is 6.54 Å². The number of hydrogen-bond acceptors (Lipinski definition) is 4. The largest absolute Gasteiger partial charge is 0.397 e. The van der Waals surface area contributed by atoms with Crippen LogP contribution in [-0.2, 0) is 10.0 Å². The van der Waals surface area contributed by atoms with Crippen molar-refractivity contribution in [2.75, 3.05) is 12.3 Å². The summed E-state index contributed by atoms with van der Waals surface area (Å²) in [5, 5.41) is 9.08. The molecule has 0 fully saturated rings. The quantitative estimate of drug-likeness (QED) is 0.710. The van der Waals surface area contributed by atoms with Crippen LogP contribution in [0.2, 0.25) is 5.02 Å². The molecule has 0 saturated carbocycles. The highest BCUT2D eigenvalue weighted by molar-refractivity contribution is 7.89. The topological polar surface area (TPSA) is 92.4 Å². The number of aryl methyl sites for hydroxylation is 1. The molecule has 1 unspecified atom stereocenters. The van der Waals surface area contributed by atoms with Crippen LogP contribution in [0.5, 0.6) is 0 Å². The van der Waals surface area contributed by atoms with Gasteiger partial charge in [-0.15, -0.1) is 0 Å². The van der Waals surface area contributed by atoms with Gasteiger partial charge >= 0.3 is 0 Å². The summed E-state index contributed by atoms with van der Waals surface area (Å²) in [5.74, 6) is 0. The summed E-state index contributed by atoms with van der Waals surface area (Å²) in [6.07, 6.45) is -5.10. The van der Waals surface area contributed by atoms with E-state index in [-0.39, 0.29) is 15.6 Å². The Balaban J connectivity index is 2.98. The van der Waals surface area contributed by atoms with Gasteiger partial charge in [-0.05, 0) is 24.6 Å². The van der Waals surface area contributed by atoms with Crippen molar-refractivity contribution in [1.29, 1.82) is 0 Å². The molecule has 0 saturated heterocycles. The number of hydrogen-bond donors (Lipinski definition) is 3. The van der Waals surface area contributed by atoms with E-state index in [9.17, 15) is 17.2 Å². The number of sulfonamides is 1.